The summed E-state index contributed by atoms with van der Waals surface area (Å²) in [5, 5.41) is 1.07. The van der Waals surface area contributed by atoms with Crippen LogP contribution in [0.15, 0.2) is 30.5 Å². The highest BCUT2D eigenvalue weighted by Gasteiger charge is 2.25. The van der Waals surface area contributed by atoms with Crippen LogP contribution in [-0.4, -0.2) is 53.3 Å². The molecule has 0 unspecified atom stereocenters. The van der Waals surface area contributed by atoms with Gasteiger partial charge in [0.05, 0.1) is 13.0 Å². The lowest BCUT2D eigenvalue weighted by molar-refractivity contribution is -0.143. The number of aromatic nitrogens is 1. The van der Waals surface area contributed by atoms with Crippen molar-refractivity contribution >= 4 is 22.7 Å². The van der Waals surface area contributed by atoms with Crippen molar-refractivity contribution in [2.45, 2.75) is 6.42 Å². The summed E-state index contributed by atoms with van der Waals surface area (Å²) in [5.74, 6) is 0.0136. The number of fused-ring (bicyclic) bond motifs is 1. The molecule has 0 saturated carbocycles. The molecule has 5 nitrogen and oxygen atoms in total. The number of carbonyl (C=O) groups excluding carboxylic acids is 2. The summed E-state index contributed by atoms with van der Waals surface area (Å²) < 4.78 is 0. The van der Waals surface area contributed by atoms with Crippen molar-refractivity contribution < 1.29 is 9.59 Å². The summed E-state index contributed by atoms with van der Waals surface area (Å²) in [6, 6.07) is 7.92. The third-order valence-corrected chi connectivity index (χ3v) is 3.83. The molecule has 0 radical (unpaired) electrons. The van der Waals surface area contributed by atoms with Crippen LogP contribution in [0.5, 0.6) is 0 Å². The molecule has 0 atom stereocenters. The van der Waals surface area contributed by atoms with Gasteiger partial charge in [0.1, 0.15) is 0 Å². The number of para-hydroxylation sites is 1. The number of hydrogen-bond acceptors (Lipinski definition) is 2. The Labute approximate surface area is 117 Å². The van der Waals surface area contributed by atoms with E-state index >= 15 is 0 Å². The normalized spacial score (nSPS) is 15.9. The first kappa shape index (κ1) is 12.7. The van der Waals surface area contributed by atoms with Crippen LogP contribution < -0.4 is 0 Å². The van der Waals surface area contributed by atoms with Crippen molar-refractivity contribution in [3.8, 4) is 0 Å². The lowest BCUT2D eigenvalue weighted by atomic mass is 10.1. The standard InChI is InChI=1S/C15H17N3O2/c1-17-6-7-18(10-15(17)20)14(19)8-11-9-16-13-5-3-2-4-12(11)13/h2-5,9,16H,6-8,10H2,1H3. The number of amides is 2. The maximum absolute atomic E-state index is 12.3. The van der Waals surface area contributed by atoms with Crippen molar-refractivity contribution in [3.05, 3.63) is 36.0 Å². The van der Waals surface area contributed by atoms with Crippen LogP contribution in [0.3, 0.4) is 0 Å². The molecule has 1 aliphatic heterocycles. The lowest BCUT2D eigenvalue weighted by Gasteiger charge is -2.32. The minimum atomic E-state index is 0.00327. The summed E-state index contributed by atoms with van der Waals surface area (Å²) in [7, 11) is 1.77. The number of benzene rings is 1. The number of likely N-dealkylation sites (N-methyl/N-ethyl adjacent to an activating group) is 1. The molecule has 2 amide bonds. The Morgan fingerprint density at radius 1 is 1.30 bits per heavy atom. The summed E-state index contributed by atoms with van der Waals surface area (Å²) in [6.07, 6.45) is 2.21. The highest BCUT2D eigenvalue weighted by atomic mass is 16.2. The summed E-state index contributed by atoms with van der Waals surface area (Å²) >= 11 is 0. The Morgan fingerprint density at radius 3 is 2.90 bits per heavy atom. The Bertz CT molecular complexity index is 662. The number of nitrogens with zero attached hydrogens (tertiary/aromatic N) is 2. The van der Waals surface area contributed by atoms with Gasteiger partial charge in [-0.2, -0.15) is 0 Å². The molecule has 1 aliphatic rings. The molecule has 1 fully saturated rings. The number of piperazine rings is 1. The van der Waals surface area contributed by atoms with Crippen molar-refractivity contribution in [1.29, 1.82) is 0 Å². The van der Waals surface area contributed by atoms with Crippen LogP contribution in [0, 0.1) is 0 Å². The summed E-state index contributed by atoms with van der Waals surface area (Å²) in [4.78, 5) is 30.4. The molecule has 2 heterocycles. The third kappa shape index (κ3) is 2.27. The second kappa shape index (κ2) is 5.00. The van der Waals surface area contributed by atoms with E-state index in [-0.39, 0.29) is 18.4 Å². The highest BCUT2D eigenvalue weighted by Crippen LogP contribution is 2.19. The minimum absolute atomic E-state index is 0.00327. The molecule has 1 aromatic heterocycles. The molecule has 1 aromatic carbocycles. The van der Waals surface area contributed by atoms with Gasteiger partial charge in [-0.3, -0.25) is 9.59 Å². The predicted molar refractivity (Wildman–Crippen MR) is 76.2 cm³/mol. The van der Waals surface area contributed by atoms with Gasteiger partial charge < -0.3 is 14.8 Å². The van der Waals surface area contributed by atoms with Crippen molar-refractivity contribution in [2.24, 2.45) is 0 Å². The zero-order valence-electron chi connectivity index (χ0n) is 11.4. The lowest BCUT2D eigenvalue weighted by Crippen LogP contribution is -2.51. The Balaban J connectivity index is 1.74. The second-order valence-electron chi connectivity index (χ2n) is 5.17. The van der Waals surface area contributed by atoms with Gasteiger partial charge in [0.2, 0.25) is 11.8 Å². The summed E-state index contributed by atoms with van der Waals surface area (Å²) in [6.45, 7) is 1.42. The monoisotopic (exact) mass is 271 g/mol. The first-order chi connectivity index (χ1) is 9.65. The van der Waals surface area contributed by atoms with Crippen LogP contribution in [0.2, 0.25) is 0 Å². The highest BCUT2D eigenvalue weighted by molar-refractivity contribution is 5.91. The fourth-order valence-electron chi connectivity index (χ4n) is 2.52. The fraction of sp³-hybridized carbons (Fsp3) is 0.333. The molecule has 0 spiro atoms. The fourth-order valence-corrected chi connectivity index (χ4v) is 2.52. The molecule has 2 aromatic rings. The molecule has 20 heavy (non-hydrogen) atoms. The predicted octanol–water partition coefficient (Wildman–Crippen LogP) is 1.01. The number of H-pyrrole nitrogens is 1. The molecular formula is C15H17N3O2. The van der Waals surface area contributed by atoms with E-state index in [0.717, 1.165) is 16.5 Å². The smallest absolute Gasteiger partial charge is 0.241 e. The van der Waals surface area contributed by atoms with E-state index in [2.05, 4.69) is 4.98 Å². The average Bonchev–Trinajstić information content (AvgIpc) is 2.85. The minimum Gasteiger partial charge on any atom is -0.361 e. The average molecular weight is 271 g/mol. The molecule has 5 heteroatoms. The van der Waals surface area contributed by atoms with E-state index in [9.17, 15) is 9.59 Å². The van der Waals surface area contributed by atoms with E-state index in [1.807, 2.05) is 30.5 Å². The van der Waals surface area contributed by atoms with Crippen molar-refractivity contribution in [1.82, 2.24) is 14.8 Å². The van der Waals surface area contributed by atoms with Crippen molar-refractivity contribution in [3.63, 3.8) is 0 Å². The largest absolute Gasteiger partial charge is 0.361 e. The maximum Gasteiger partial charge on any atom is 0.241 e. The third-order valence-electron chi connectivity index (χ3n) is 3.83. The van der Waals surface area contributed by atoms with Gasteiger partial charge in [-0.25, -0.2) is 0 Å². The van der Waals surface area contributed by atoms with Gasteiger partial charge in [-0.1, -0.05) is 18.2 Å². The van der Waals surface area contributed by atoms with Gasteiger partial charge in [-0.15, -0.1) is 0 Å². The second-order valence-corrected chi connectivity index (χ2v) is 5.17. The maximum atomic E-state index is 12.3. The van der Waals surface area contributed by atoms with E-state index < -0.39 is 0 Å². The molecule has 3 rings (SSSR count). The molecule has 0 bridgehead atoms. The summed E-state index contributed by atoms with van der Waals surface area (Å²) in [5.41, 5.74) is 2.02. The van der Waals surface area contributed by atoms with E-state index in [0.29, 0.717) is 19.5 Å². The number of carbonyl (C=O) groups is 2. The first-order valence-electron chi connectivity index (χ1n) is 6.72. The zero-order valence-corrected chi connectivity index (χ0v) is 11.4. The van der Waals surface area contributed by atoms with E-state index in [1.54, 1.807) is 16.8 Å². The van der Waals surface area contributed by atoms with Crippen LogP contribution >= 0.6 is 0 Å². The van der Waals surface area contributed by atoms with Crippen molar-refractivity contribution in [2.75, 3.05) is 26.7 Å². The number of nitrogens with one attached hydrogen (secondary N) is 1. The van der Waals surface area contributed by atoms with Crippen LogP contribution in [0.4, 0.5) is 0 Å². The Hall–Kier alpha value is -2.30. The van der Waals surface area contributed by atoms with Gasteiger partial charge >= 0.3 is 0 Å². The molecule has 0 aliphatic carbocycles. The van der Waals surface area contributed by atoms with Crippen LogP contribution in [0.1, 0.15) is 5.56 Å². The Kier molecular flexibility index (Phi) is 3.18. The first-order valence-corrected chi connectivity index (χ1v) is 6.72. The topological polar surface area (TPSA) is 56.4 Å². The van der Waals surface area contributed by atoms with Gasteiger partial charge in [0.15, 0.2) is 0 Å². The molecule has 104 valence electrons. The quantitative estimate of drug-likeness (QED) is 0.886. The van der Waals surface area contributed by atoms with Crippen LogP contribution in [-0.2, 0) is 16.0 Å². The van der Waals surface area contributed by atoms with E-state index in [1.165, 1.54) is 0 Å². The molecular weight excluding hydrogens is 254 g/mol. The zero-order chi connectivity index (χ0) is 14.1. The van der Waals surface area contributed by atoms with Gasteiger partial charge in [0, 0.05) is 37.2 Å². The molecule has 1 saturated heterocycles. The molecule has 1 N–H and O–H groups in total. The Morgan fingerprint density at radius 2 is 2.10 bits per heavy atom. The number of rotatable bonds is 2. The van der Waals surface area contributed by atoms with E-state index in [4.69, 9.17) is 0 Å². The van der Waals surface area contributed by atoms with Gasteiger partial charge in [0.25, 0.3) is 0 Å². The number of aromatic amines is 1. The SMILES string of the molecule is CN1CCN(C(=O)Cc2c[nH]c3ccccc23)CC1=O. The van der Waals surface area contributed by atoms with Crippen LogP contribution in [0.25, 0.3) is 10.9 Å². The number of hydrogen-bond donors (Lipinski definition) is 1. The van der Waals surface area contributed by atoms with Gasteiger partial charge in [-0.05, 0) is 11.6 Å².